The molecular weight excluding hydrogens is 235 g/mol. The molecule has 0 spiro atoms. The van der Waals surface area contributed by atoms with Crippen LogP contribution < -0.4 is 5.46 Å². The van der Waals surface area contributed by atoms with Gasteiger partial charge in [0.05, 0.1) is 5.60 Å². The first kappa shape index (κ1) is 14.6. The van der Waals surface area contributed by atoms with Crippen molar-refractivity contribution in [2.45, 2.75) is 52.5 Å². The van der Waals surface area contributed by atoms with E-state index < -0.39 is 0 Å². The molecule has 0 aromatic heterocycles. The second kappa shape index (κ2) is 5.30. The van der Waals surface area contributed by atoms with Crippen molar-refractivity contribution in [3.63, 3.8) is 0 Å². The Bertz CT molecular complexity index is 407. The van der Waals surface area contributed by atoms with Crippen LogP contribution in [0.25, 0.3) is 0 Å². The summed E-state index contributed by atoms with van der Waals surface area (Å²) in [5, 5.41) is 8.85. The molecule has 1 aromatic carbocycles. The van der Waals surface area contributed by atoms with Crippen LogP contribution in [0, 0.1) is 5.41 Å². The highest BCUT2D eigenvalue weighted by molar-refractivity contribution is 6.68. The molecule has 2 nitrogen and oxygen atoms in total. The second-order valence-corrected chi connectivity index (χ2v) is 6.77. The summed E-state index contributed by atoms with van der Waals surface area (Å²) >= 11 is 0. The summed E-state index contributed by atoms with van der Waals surface area (Å²) in [6, 6.07) is 8.67. The van der Waals surface area contributed by atoms with Gasteiger partial charge in [-0.2, -0.15) is 0 Å². The van der Waals surface area contributed by atoms with Gasteiger partial charge in [-0.15, -0.1) is 0 Å². The highest BCUT2D eigenvalue weighted by Crippen LogP contribution is 2.44. The lowest BCUT2D eigenvalue weighted by atomic mass is 9.54. The fourth-order valence-electron chi connectivity index (χ4n) is 2.63. The van der Waals surface area contributed by atoms with E-state index in [1.807, 2.05) is 0 Å². The maximum absolute atomic E-state index is 8.85. The van der Waals surface area contributed by atoms with Gasteiger partial charge >= 0.3 is 6.92 Å². The Morgan fingerprint density at radius 3 is 2.26 bits per heavy atom. The van der Waals surface area contributed by atoms with Crippen LogP contribution >= 0.6 is 0 Å². The molecule has 0 bridgehead atoms. The van der Waals surface area contributed by atoms with E-state index in [9.17, 15) is 0 Å². The van der Waals surface area contributed by atoms with Crippen LogP contribution in [0.5, 0.6) is 0 Å². The van der Waals surface area contributed by atoms with Gasteiger partial charge < -0.3 is 9.76 Å². The van der Waals surface area contributed by atoms with Gasteiger partial charge in [0.15, 0.2) is 0 Å². The molecule has 1 N–H and O–H groups in total. The maximum Gasteiger partial charge on any atom is 0.327 e. The van der Waals surface area contributed by atoms with Crippen molar-refractivity contribution in [3.8, 4) is 0 Å². The summed E-state index contributed by atoms with van der Waals surface area (Å²) in [6.07, 6.45) is 2.84. The maximum atomic E-state index is 8.85. The zero-order valence-corrected chi connectivity index (χ0v) is 12.6. The zero-order valence-electron chi connectivity index (χ0n) is 12.6. The highest BCUT2D eigenvalue weighted by Gasteiger charge is 2.49. The molecule has 0 aliphatic carbocycles. The van der Waals surface area contributed by atoms with E-state index in [-0.39, 0.29) is 24.5 Å². The number of rotatable bonds is 4. The first-order valence-corrected chi connectivity index (χ1v) is 7.23. The lowest BCUT2D eigenvalue weighted by Crippen LogP contribution is -2.36. The summed E-state index contributed by atoms with van der Waals surface area (Å²) in [5.74, 6) is 0. The summed E-state index contributed by atoms with van der Waals surface area (Å²) in [5.41, 5.74) is 2.68. The quantitative estimate of drug-likeness (QED) is 0.843. The molecule has 2 rings (SSSR count). The van der Waals surface area contributed by atoms with Crippen molar-refractivity contribution in [1.82, 2.24) is 0 Å². The Hall–Kier alpha value is -0.795. The predicted molar refractivity (Wildman–Crippen MR) is 81.0 cm³/mol. The lowest BCUT2D eigenvalue weighted by molar-refractivity contribution is 0.0375. The molecule has 1 saturated heterocycles. The van der Waals surface area contributed by atoms with Crippen molar-refractivity contribution in [2.24, 2.45) is 5.41 Å². The van der Waals surface area contributed by atoms with E-state index in [1.54, 1.807) is 0 Å². The van der Waals surface area contributed by atoms with E-state index in [4.69, 9.17) is 9.76 Å². The van der Waals surface area contributed by atoms with Crippen LogP contribution in [-0.4, -0.2) is 24.2 Å². The van der Waals surface area contributed by atoms with Gasteiger partial charge in [-0.3, -0.25) is 0 Å². The molecule has 0 amide bonds. The Kier molecular flexibility index (Phi) is 4.07. The van der Waals surface area contributed by atoms with Crippen LogP contribution in [0.15, 0.2) is 24.3 Å². The van der Waals surface area contributed by atoms with Gasteiger partial charge in [0.2, 0.25) is 0 Å². The molecule has 3 heteroatoms. The summed E-state index contributed by atoms with van der Waals surface area (Å²) in [6.45, 7) is 9.39. The smallest absolute Gasteiger partial charge is 0.327 e. The standard InChI is InChI=1S/C16H25BO2/c1-15(2)12-17(19-16(15,3)4)14-9-7-13(8-10-14)6-5-11-18/h7-10,18H,5-6,11-12H2,1-4H3. The van der Waals surface area contributed by atoms with E-state index in [1.165, 1.54) is 11.0 Å². The minimum Gasteiger partial charge on any atom is -0.426 e. The lowest BCUT2D eigenvalue weighted by Gasteiger charge is -2.34. The third-order valence-electron chi connectivity index (χ3n) is 4.74. The Morgan fingerprint density at radius 1 is 1.16 bits per heavy atom. The number of aryl methyl sites for hydroxylation is 1. The molecule has 0 saturated carbocycles. The van der Waals surface area contributed by atoms with Gasteiger partial charge in [0, 0.05) is 6.61 Å². The molecule has 1 aromatic rings. The normalized spacial score (nSPS) is 20.8. The molecule has 0 atom stereocenters. The van der Waals surface area contributed by atoms with E-state index >= 15 is 0 Å². The SMILES string of the molecule is CC1(C)CB(c2ccc(CCCO)cc2)OC1(C)C. The second-order valence-electron chi connectivity index (χ2n) is 6.77. The topological polar surface area (TPSA) is 29.5 Å². The minimum atomic E-state index is -0.0762. The Morgan fingerprint density at radius 2 is 1.79 bits per heavy atom. The largest absolute Gasteiger partial charge is 0.426 e. The fraction of sp³-hybridized carbons (Fsp3) is 0.625. The number of aliphatic hydroxyl groups excluding tert-OH is 1. The van der Waals surface area contributed by atoms with Crippen LogP contribution in [0.4, 0.5) is 0 Å². The van der Waals surface area contributed by atoms with E-state index in [0.717, 1.165) is 19.2 Å². The van der Waals surface area contributed by atoms with Gasteiger partial charge in [-0.05, 0) is 49.5 Å². The van der Waals surface area contributed by atoms with Gasteiger partial charge in [0.25, 0.3) is 0 Å². The van der Waals surface area contributed by atoms with E-state index in [0.29, 0.717) is 0 Å². The van der Waals surface area contributed by atoms with Crippen LogP contribution in [-0.2, 0) is 11.1 Å². The minimum absolute atomic E-state index is 0.0762. The zero-order chi connectivity index (χ0) is 14.1. The summed E-state index contributed by atoms with van der Waals surface area (Å²) in [4.78, 5) is 0. The van der Waals surface area contributed by atoms with Crippen molar-refractivity contribution >= 4 is 12.4 Å². The number of hydrogen-bond donors (Lipinski definition) is 1. The summed E-state index contributed by atoms with van der Waals surface area (Å²) in [7, 11) is 0. The number of aliphatic hydroxyl groups is 1. The monoisotopic (exact) mass is 260 g/mol. The molecule has 1 aliphatic rings. The Labute approximate surface area is 117 Å². The van der Waals surface area contributed by atoms with Crippen molar-refractivity contribution in [1.29, 1.82) is 0 Å². The van der Waals surface area contributed by atoms with Crippen LogP contribution in [0.1, 0.15) is 39.7 Å². The molecular formula is C16H25BO2. The Balaban J connectivity index is 2.08. The first-order valence-electron chi connectivity index (χ1n) is 7.23. The van der Waals surface area contributed by atoms with Crippen molar-refractivity contribution in [2.75, 3.05) is 6.61 Å². The molecule has 0 radical (unpaired) electrons. The van der Waals surface area contributed by atoms with Crippen molar-refractivity contribution < 1.29 is 9.76 Å². The molecule has 104 valence electrons. The van der Waals surface area contributed by atoms with Crippen LogP contribution in [0.3, 0.4) is 0 Å². The first-order chi connectivity index (χ1) is 8.86. The number of benzene rings is 1. The third kappa shape index (κ3) is 3.03. The summed E-state index contributed by atoms with van der Waals surface area (Å²) < 4.78 is 6.23. The molecule has 1 fully saturated rings. The third-order valence-corrected chi connectivity index (χ3v) is 4.74. The van der Waals surface area contributed by atoms with Gasteiger partial charge in [0.1, 0.15) is 0 Å². The van der Waals surface area contributed by atoms with Gasteiger partial charge in [-0.25, -0.2) is 0 Å². The molecule has 1 aliphatic heterocycles. The average Bonchev–Trinajstić information content (AvgIpc) is 2.56. The fourth-order valence-corrected chi connectivity index (χ4v) is 2.63. The molecule has 1 heterocycles. The highest BCUT2D eigenvalue weighted by atomic mass is 16.5. The molecule has 19 heavy (non-hydrogen) atoms. The van der Waals surface area contributed by atoms with E-state index in [2.05, 4.69) is 52.0 Å². The van der Waals surface area contributed by atoms with Gasteiger partial charge in [-0.1, -0.05) is 38.1 Å². The predicted octanol–water partition coefficient (Wildman–Crippen LogP) is 2.65. The molecule has 0 unspecified atom stereocenters. The van der Waals surface area contributed by atoms with Crippen molar-refractivity contribution in [3.05, 3.63) is 29.8 Å². The average molecular weight is 260 g/mol. The van der Waals surface area contributed by atoms with Crippen LogP contribution in [0.2, 0.25) is 6.32 Å². The number of hydrogen-bond acceptors (Lipinski definition) is 2.